The van der Waals surface area contributed by atoms with Gasteiger partial charge < -0.3 is 4.74 Å². The van der Waals surface area contributed by atoms with E-state index in [0.717, 1.165) is 11.3 Å². The molecule has 0 fully saturated rings. The van der Waals surface area contributed by atoms with E-state index in [1.165, 1.54) is 19.5 Å². The summed E-state index contributed by atoms with van der Waals surface area (Å²) in [5.41, 5.74) is 2.98. The summed E-state index contributed by atoms with van der Waals surface area (Å²) in [5.74, 6) is 0.133. The normalized spacial score (nSPS) is 12.4. The summed E-state index contributed by atoms with van der Waals surface area (Å²) in [5, 5.41) is 6.99. The van der Waals surface area contributed by atoms with Crippen LogP contribution in [0.5, 0.6) is 5.75 Å². The number of H-pyrrole nitrogens is 1. The third-order valence-corrected chi connectivity index (χ3v) is 4.28. The molecule has 1 aromatic carbocycles. The molecule has 0 spiro atoms. The number of hydrogen-bond donors (Lipinski definition) is 1. The van der Waals surface area contributed by atoms with Crippen LogP contribution in [0.1, 0.15) is 24.2 Å². The van der Waals surface area contributed by atoms with Crippen molar-refractivity contribution in [2.75, 3.05) is 14.2 Å². The zero-order valence-electron chi connectivity index (χ0n) is 14.4. The van der Waals surface area contributed by atoms with Crippen LogP contribution in [0.3, 0.4) is 0 Å². The van der Waals surface area contributed by atoms with Gasteiger partial charge in [-0.25, -0.2) is 14.4 Å². The highest BCUT2D eigenvalue weighted by Gasteiger charge is 2.18. The summed E-state index contributed by atoms with van der Waals surface area (Å²) in [7, 11) is 3.51. The van der Waals surface area contributed by atoms with Gasteiger partial charge in [-0.2, -0.15) is 5.10 Å². The lowest BCUT2D eigenvalue weighted by molar-refractivity contribution is 0.249. The van der Waals surface area contributed by atoms with Gasteiger partial charge in [0, 0.05) is 36.0 Å². The number of ether oxygens (including phenoxy) is 1. The molecule has 2 aromatic heterocycles. The molecule has 0 saturated heterocycles. The molecule has 0 radical (unpaired) electrons. The second-order valence-corrected chi connectivity index (χ2v) is 5.84. The Labute approximate surface area is 145 Å². The molecule has 6 nitrogen and oxygen atoms in total. The predicted octanol–water partition coefficient (Wildman–Crippen LogP) is 3.21. The van der Waals surface area contributed by atoms with Gasteiger partial charge in [0.2, 0.25) is 0 Å². The lowest BCUT2D eigenvalue weighted by Gasteiger charge is -2.24. The standard InChI is InChI=1S/C18H20FN5O/c1-12(17-6-7-20-11-21-17)24(2)10-13-9-22-23-18(13)15-5-4-14(25-3)8-16(15)19/h4-9,11-12H,10H2,1-3H3,(H,22,23)/t12-/m1/s1. The number of nitrogens with zero attached hydrogens (tertiary/aromatic N) is 4. The van der Waals surface area contributed by atoms with Gasteiger partial charge in [0.15, 0.2) is 0 Å². The SMILES string of the molecule is COc1ccc(-c2[nH]ncc2CN(C)[C@H](C)c2ccncn2)c(F)c1. The maximum Gasteiger partial charge on any atom is 0.136 e. The number of aromatic nitrogens is 4. The first kappa shape index (κ1) is 17.0. The summed E-state index contributed by atoms with van der Waals surface area (Å²) < 4.78 is 19.4. The average Bonchev–Trinajstić information content (AvgIpc) is 3.09. The molecule has 2 heterocycles. The number of benzene rings is 1. The van der Waals surface area contributed by atoms with Crippen LogP contribution < -0.4 is 4.74 Å². The first-order valence-corrected chi connectivity index (χ1v) is 7.92. The Balaban J connectivity index is 1.82. The molecule has 0 aliphatic rings. The van der Waals surface area contributed by atoms with E-state index in [-0.39, 0.29) is 11.9 Å². The van der Waals surface area contributed by atoms with Gasteiger partial charge in [-0.05, 0) is 32.2 Å². The molecule has 0 saturated carbocycles. The minimum atomic E-state index is -0.351. The second-order valence-electron chi connectivity index (χ2n) is 5.84. The smallest absolute Gasteiger partial charge is 0.136 e. The molecule has 0 bridgehead atoms. The van der Waals surface area contributed by atoms with E-state index >= 15 is 0 Å². The van der Waals surface area contributed by atoms with Crippen molar-refractivity contribution in [3.05, 3.63) is 60.1 Å². The molecule has 0 unspecified atom stereocenters. The third kappa shape index (κ3) is 3.66. The molecule has 0 amide bonds. The van der Waals surface area contributed by atoms with Gasteiger partial charge in [0.05, 0.1) is 24.7 Å². The van der Waals surface area contributed by atoms with E-state index in [1.54, 1.807) is 24.5 Å². The topological polar surface area (TPSA) is 66.9 Å². The fraction of sp³-hybridized carbons (Fsp3) is 0.278. The van der Waals surface area contributed by atoms with Crippen molar-refractivity contribution < 1.29 is 9.13 Å². The van der Waals surface area contributed by atoms with Crippen LogP contribution >= 0.6 is 0 Å². The monoisotopic (exact) mass is 341 g/mol. The number of hydrogen-bond acceptors (Lipinski definition) is 5. The highest BCUT2D eigenvalue weighted by molar-refractivity contribution is 5.64. The Hall–Kier alpha value is -2.80. The van der Waals surface area contributed by atoms with Crippen molar-refractivity contribution in [2.45, 2.75) is 19.5 Å². The van der Waals surface area contributed by atoms with Crippen LogP contribution in [0.2, 0.25) is 0 Å². The molecular weight excluding hydrogens is 321 g/mol. The van der Waals surface area contributed by atoms with Crippen LogP contribution in [0, 0.1) is 5.82 Å². The van der Waals surface area contributed by atoms with Gasteiger partial charge >= 0.3 is 0 Å². The van der Waals surface area contributed by atoms with Crippen molar-refractivity contribution in [3.8, 4) is 17.0 Å². The zero-order valence-corrected chi connectivity index (χ0v) is 14.4. The molecule has 25 heavy (non-hydrogen) atoms. The van der Waals surface area contributed by atoms with E-state index < -0.39 is 0 Å². The summed E-state index contributed by atoms with van der Waals surface area (Å²) in [4.78, 5) is 10.4. The Morgan fingerprint density at radius 2 is 2.16 bits per heavy atom. The van der Waals surface area contributed by atoms with Crippen LogP contribution in [0.4, 0.5) is 4.39 Å². The minimum absolute atomic E-state index is 0.0893. The van der Waals surface area contributed by atoms with Crippen molar-refractivity contribution in [3.63, 3.8) is 0 Å². The van der Waals surface area contributed by atoms with Crippen LogP contribution in [-0.2, 0) is 6.54 Å². The molecule has 1 atom stereocenters. The summed E-state index contributed by atoms with van der Waals surface area (Å²) in [6.45, 7) is 2.67. The molecule has 1 N–H and O–H groups in total. The van der Waals surface area contributed by atoms with Crippen molar-refractivity contribution >= 4 is 0 Å². The lowest BCUT2D eigenvalue weighted by Crippen LogP contribution is -2.22. The Bertz CT molecular complexity index is 836. The van der Waals surface area contributed by atoms with Gasteiger partial charge in [-0.3, -0.25) is 10.00 Å². The quantitative estimate of drug-likeness (QED) is 0.746. The Morgan fingerprint density at radius 1 is 1.32 bits per heavy atom. The van der Waals surface area contributed by atoms with E-state index in [9.17, 15) is 4.39 Å². The fourth-order valence-electron chi connectivity index (χ4n) is 2.67. The van der Waals surface area contributed by atoms with Gasteiger partial charge in [0.25, 0.3) is 0 Å². The first-order valence-electron chi connectivity index (χ1n) is 7.92. The Kier molecular flexibility index (Phi) is 5.04. The van der Waals surface area contributed by atoms with Gasteiger partial charge in [-0.1, -0.05) is 0 Å². The number of rotatable bonds is 6. The first-order chi connectivity index (χ1) is 12.1. The van der Waals surface area contributed by atoms with Gasteiger partial charge in [-0.15, -0.1) is 0 Å². The van der Waals surface area contributed by atoms with Crippen molar-refractivity contribution in [2.24, 2.45) is 0 Å². The third-order valence-electron chi connectivity index (χ3n) is 4.28. The van der Waals surface area contributed by atoms with E-state index in [1.807, 2.05) is 13.1 Å². The summed E-state index contributed by atoms with van der Waals surface area (Å²) in [6.07, 6.45) is 4.99. The van der Waals surface area contributed by atoms with E-state index in [4.69, 9.17) is 4.74 Å². The fourth-order valence-corrected chi connectivity index (χ4v) is 2.67. The molecule has 3 rings (SSSR count). The number of halogens is 1. The highest BCUT2D eigenvalue weighted by Crippen LogP contribution is 2.29. The molecule has 3 aromatic rings. The number of nitrogens with one attached hydrogen (secondary N) is 1. The minimum Gasteiger partial charge on any atom is -0.497 e. The van der Waals surface area contributed by atoms with Gasteiger partial charge in [0.1, 0.15) is 17.9 Å². The summed E-state index contributed by atoms with van der Waals surface area (Å²) in [6, 6.07) is 6.77. The van der Waals surface area contributed by atoms with Crippen LogP contribution in [-0.4, -0.2) is 39.2 Å². The predicted molar refractivity (Wildman–Crippen MR) is 92.4 cm³/mol. The molecule has 7 heteroatoms. The van der Waals surface area contributed by atoms with Crippen molar-refractivity contribution in [1.82, 2.24) is 25.1 Å². The molecule has 0 aliphatic heterocycles. The maximum atomic E-state index is 14.4. The lowest BCUT2D eigenvalue weighted by atomic mass is 10.1. The zero-order chi connectivity index (χ0) is 17.8. The van der Waals surface area contributed by atoms with Crippen LogP contribution in [0.15, 0.2) is 43.0 Å². The maximum absolute atomic E-state index is 14.4. The molecule has 130 valence electrons. The Morgan fingerprint density at radius 3 is 2.84 bits per heavy atom. The highest BCUT2D eigenvalue weighted by atomic mass is 19.1. The largest absolute Gasteiger partial charge is 0.497 e. The molecule has 0 aliphatic carbocycles. The number of methoxy groups -OCH3 is 1. The van der Waals surface area contributed by atoms with E-state index in [2.05, 4.69) is 32.0 Å². The summed E-state index contributed by atoms with van der Waals surface area (Å²) >= 11 is 0. The number of aromatic amines is 1. The van der Waals surface area contributed by atoms with Crippen molar-refractivity contribution in [1.29, 1.82) is 0 Å². The van der Waals surface area contributed by atoms with E-state index in [0.29, 0.717) is 23.6 Å². The molecular formula is C18H20FN5O. The van der Waals surface area contributed by atoms with Crippen LogP contribution in [0.25, 0.3) is 11.3 Å². The second kappa shape index (κ2) is 7.40. The average molecular weight is 341 g/mol.